The molecule has 2 rings (SSSR count). The first-order valence-corrected chi connectivity index (χ1v) is 7.53. The van der Waals surface area contributed by atoms with E-state index in [1.807, 2.05) is 0 Å². The predicted molar refractivity (Wildman–Crippen MR) is 80.2 cm³/mol. The first kappa shape index (κ1) is 15.3. The molecule has 20 heavy (non-hydrogen) atoms. The summed E-state index contributed by atoms with van der Waals surface area (Å²) in [4.78, 5) is 12.0. The van der Waals surface area contributed by atoms with Gasteiger partial charge in [-0.25, -0.2) is 4.68 Å². The van der Waals surface area contributed by atoms with Crippen LogP contribution in [0.4, 0.5) is 5.69 Å². The highest BCUT2D eigenvalue weighted by molar-refractivity contribution is 6.32. The van der Waals surface area contributed by atoms with Crippen LogP contribution in [-0.4, -0.2) is 27.5 Å². The quantitative estimate of drug-likeness (QED) is 0.894. The number of aliphatic hydroxyl groups is 1. The SMILES string of the molecule is CC1CCC(Nc2cnn(CCO)c(=O)c2Cl)CC1C. The Labute approximate surface area is 124 Å². The van der Waals surface area contributed by atoms with Gasteiger partial charge in [0.2, 0.25) is 0 Å². The Bertz CT molecular complexity index is 518. The largest absolute Gasteiger partial charge is 0.394 e. The molecule has 0 radical (unpaired) electrons. The Morgan fingerprint density at radius 3 is 2.85 bits per heavy atom. The van der Waals surface area contributed by atoms with E-state index in [0.29, 0.717) is 17.6 Å². The summed E-state index contributed by atoms with van der Waals surface area (Å²) >= 11 is 6.10. The number of aliphatic hydroxyl groups excluding tert-OH is 1. The maximum atomic E-state index is 12.0. The molecule has 0 spiro atoms. The minimum absolute atomic E-state index is 0.131. The van der Waals surface area contributed by atoms with E-state index < -0.39 is 0 Å². The topological polar surface area (TPSA) is 67.2 Å². The molecule has 6 heteroatoms. The number of rotatable bonds is 4. The minimum Gasteiger partial charge on any atom is -0.394 e. The maximum absolute atomic E-state index is 12.0. The van der Waals surface area contributed by atoms with Crippen LogP contribution < -0.4 is 10.9 Å². The van der Waals surface area contributed by atoms with Crippen molar-refractivity contribution in [3.63, 3.8) is 0 Å². The maximum Gasteiger partial charge on any atom is 0.287 e. The number of hydrogen-bond acceptors (Lipinski definition) is 4. The zero-order valence-electron chi connectivity index (χ0n) is 12.0. The van der Waals surface area contributed by atoms with Gasteiger partial charge in [-0.05, 0) is 31.1 Å². The van der Waals surface area contributed by atoms with Crippen LogP contribution in [0.2, 0.25) is 5.02 Å². The Balaban J connectivity index is 2.10. The summed E-state index contributed by atoms with van der Waals surface area (Å²) in [5, 5.41) is 16.4. The highest BCUT2D eigenvalue weighted by Gasteiger charge is 2.25. The van der Waals surface area contributed by atoms with Crippen LogP contribution in [0.3, 0.4) is 0 Å². The normalized spacial score (nSPS) is 26.5. The lowest BCUT2D eigenvalue weighted by atomic mass is 9.79. The molecule has 0 aliphatic heterocycles. The molecule has 1 saturated carbocycles. The molecule has 5 nitrogen and oxygen atoms in total. The van der Waals surface area contributed by atoms with Gasteiger partial charge in [-0.1, -0.05) is 25.4 Å². The summed E-state index contributed by atoms with van der Waals surface area (Å²) in [6.45, 7) is 4.58. The molecule has 2 N–H and O–H groups in total. The molecular weight excluding hydrogens is 278 g/mol. The second-order valence-corrected chi connectivity index (χ2v) is 6.11. The molecule has 1 aromatic heterocycles. The highest BCUT2D eigenvalue weighted by atomic mass is 35.5. The van der Waals surface area contributed by atoms with Crippen molar-refractivity contribution in [3.8, 4) is 0 Å². The molecular formula is C14H22ClN3O2. The second-order valence-electron chi connectivity index (χ2n) is 5.73. The average molecular weight is 300 g/mol. The number of nitrogens with one attached hydrogen (secondary N) is 1. The molecule has 0 amide bonds. The first-order chi connectivity index (χ1) is 9.52. The lowest BCUT2D eigenvalue weighted by molar-refractivity contribution is 0.260. The second kappa shape index (κ2) is 6.59. The van der Waals surface area contributed by atoms with Crippen LogP contribution >= 0.6 is 11.6 Å². The molecule has 0 saturated heterocycles. The zero-order valence-corrected chi connectivity index (χ0v) is 12.7. The Morgan fingerprint density at radius 2 is 2.20 bits per heavy atom. The molecule has 112 valence electrons. The minimum atomic E-state index is -0.358. The van der Waals surface area contributed by atoms with E-state index in [9.17, 15) is 4.79 Å². The molecule has 3 atom stereocenters. The van der Waals surface area contributed by atoms with Crippen LogP contribution in [0.25, 0.3) is 0 Å². The standard InChI is InChI=1S/C14H22ClN3O2/c1-9-3-4-11(7-10(9)2)17-12-8-16-18(5-6-19)14(20)13(12)15/h8-11,17,19H,3-7H2,1-2H3. The van der Waals surface area contributed by atoms with Gasteiger partial charge in [0.15, 0.2) is 0 Å². The fourth-order valence-electron chi connectivity index (χ4n) is 2.72. The number of halogens is 1. The van der Waals surface area contributed by atoms with Crippen LogP contribution in [0.1, 0.15) is 33.1 Å². The van der Waals surface area contributed by atoms with E-state index in [4.69, 9.17) is 16.7 Å². The number of aromatic nitrogens is 2. The van der Waals surface area contributed by atoms with Crippen molar-refractivity contribution in [1.82, 2.24) is 9.78 Å². The molecule has 1 aliphatic carbocycles. The van der Waals surface area contributed by atoms with Crippen molar-refractivity contribution in [2.45, 2.75) is 45.7 Å². The monoisotopic (exact) mass is 299 g/mol. The first-order valence-electron chi connectivity index (χ1n) is 7.16. The average Bonchev–Trinajstić information content (AvgIpc) is 2.42. The van der Waals surface area contributed by atoms with Gasteiger partial charge < -0.3 is 10.4 Å². The predicted octanol–water partition coefficient (Wildman–Crippen LogP) is 2.13. The highest BCUT2D eigenvalue weighted by Crippen LogP contribution is 2.31. The van der Waals surface area contributed by atoms with Crippen molar-refractivity contribution in [2.24, 2.45) is 11.8 Å². The van der Waals surface area contributed by atoms with Crippen molar-refractivity contribution in [1.29, 1.82) is 0 Å². The van der Waals surface area contributed by atoms with Gasteiger partial charge >= 0.3 is 0 Å². The van der Waals surface area contributed by atoms with Crippen molar-refractivity contribution >= 4 is 17.3 Å². The molecule has 1 aromatic rings. The summed E-state index contributed by atoms with van der Waals surface area (Å²) in [5.74, 6) is 1.42. The van der Waals surface area contributed by atoms with Crippen LogP contribution in [0.5, 0.6) is 0 Å². The van der Waals surface area contributed by atoms with E-state index in [0.717, 1.165) is 18.8 Å². The summed E-state index contributed by atoms with van der Waals surface area (Å²) in [7, 11) is 0. The summed E-state index contributed by atoms with van der Waals surface area (Å²) in [6, 6.07) is 0.341. The number of anilines is 1. The fourth-order valence-corrected chi connectivity index (χ4v) is 2.92. The third kappa shape index (κ3) is 3.33. The van der Waals surface area contributed by atoms with E-state index in [1.165, 1.54) is 11.1 Å². The van der Waals surface area contributed by atoms with Crippen LogP contribution in [0, 0.1) is 11.8 Å². The lowest BCUT2D eigenvalue weighted by Crippen LogP contribution is -2.32. The van der Waals surface area contributed by atoms with Gasteiger partial charge in [-0.3, -0.25) is 4.79 Å². The van der Waals surface area contributed by atoms with Crippen molar-refractivity contribution in [2.75, 3.05) is 11.9 Å². The van der Waals surface area contributed by atoms with Gasteiger partial charge in [0.1, 0.15) is 5.02 Å². The Morgan fingerprint density at radius 1 is 1.45 bits per heavy atom. The summed E-state index contributed by atoms with van der Waals surface area (Å²) in [5.41, 5.74) is 0.237. The molecule has 0 bridgehead atoms. The Hall–Kier alpha value is -1.07. The van der Waals surface area contributed by atoms with Crippen LogP contribution in [-0.2, 0) is 6.54 Å². The van der Waals surface area contributed by atoms with Crippen molar-refractivity contribution in [3.05, 3.63) is 21.6 Å². The molecule has 3 unspecified atom stereocenters. The van der Waals surface area contributed by atoms with Crippen LogP contribution in [0.15, 0.2) is 11.0 Å². The van der Waals surface area contributed by atoms with E-state index in [1.54, 1.807) is 6.20 Å². The molecule has 1 fully saturated rings. The van der Waals surface area contributed by atoms with Gasteiger partial charge in [0.05, 0.1) is 25.0 Å². The Kier molecular flexibility index (Phi) is 5.05. The molecule has 1 heterocycles. The number of nitrogens with zero attached hydrogens (tertiary/aromatic N) is 2. The van der Waals surface area contributed by atoms with E-state index in [-0.39, 0.29) is 23.7 Å². The lowest BCUT2D eigenvalue weighted by Gasteiger charge is -2.33. The molecule has 1 aliphatic rings. The fraction of sp³-hybridized carbons (Fsp3) is 0.714. The zero-order chi connectivity index (χ0) is 14.7. The number of hydrogen-bond donors (Lipinski definition) is 2. The van der Waals surface area contributed by atoms with Gasteiger partial charge in [-0.2, -0.15) is 5.10 Å². The third-order valence-corrected chi connectivity index (χ3v) is 4.62. The summed E-state index contributed by atoms with van der Waals surface area (Å²) < 4.78 is 1.18. The molecule has 0 aromatic carbocycles. The van der Waals surface area contributed by atoms with Gasteiger partial charge in [0, 0.05) is 6.04 Å². The summed E-state index contributed by atoms with van der Waals surface area (Å²) in [6.07, 6.45) is 4.92. The van der Waals surface area contributed by atoms with E-state index >= 15 is 0 Å². The van der Waals surface area contributed by atoms with Crippen molar-refractivity contribution < 1.29 is 5.11 Å². The smallest absolute Gasteiger partial charge is 0.287 e. The third-order valence-electron chi connectivity index (χ3n) is 4.25. The van der Waals surface area contributed by atoms with Gasteiger partial charge in [0.25, 0.3) is 5.56 Å². The van der Waals surface area contributed by atoms with Gasteiger partial charge in [-0.15, -0.1) is 0 Å². The van der Waals surface area contributed by atoms with E-state index in [2.05, 4.69) is 24.3 Å².